The first-order valence-corrected chi connectivity index (χ1v) is 10.6. The van der Waals surface area contributed by atoms with Gasteiger partial charge in [0.25, 0.3) is 11.8 Å². The van der Waals surface area contributed by atoms with Crippen molar-refractivity contribution in [2.75, 3.05) is 18.5 Å². The van der Waals surface area contributed by atoms with Crippen LogP contribution in [0, 0.1) is 0 Å². The fraction of sp³-hybridized carbons (Fsp3) is 0.333. The first kappa shape index (κ1) is 23.0. The molecule has 0 fully saturated rings. The largest absolute Gasteiger partial charge is 0.491 e. The van der Waals surface area contributed by atoms with Gasteiger partial charge in [0.05, 0.1) is 23.4 Å². The summed E-state index contributed by atoms with van der Waals surface area (Å²) in [7, 11) is 0. The van der Waals surface area contributed by atoms with Gasteiger partial charge in [-0.25, -0.2) is 0 Å². The highest BCUT2D eigenvalue weighted by Crippen LogP contribution is 2.27. The predicted molar refractivity (Wildman–Crippen MR) is 118 cm³/mol. The number of hydrogen-bond donors (Lipinski definition) is 2. The van der Waals surface area contributed by atoms with Gasteiger partial charge in [-0.15, -0.1) is 0 Å². The molecule has 3 rings (SSSR count). The van der Waals surface area contributed by atoms with Crippen LogP contribution in [-0.2, 0) is 16.0 Å². The van der Waals surface area contributed by atoms with E-state index in [1.165, 1.54) is 4.90 Å². The molecule has 1 aliphatic heterocycles. The van der Waals surface area contributed by atoms with Gasteiger partial charge < -0.3 is 15.2 Å². The van der Waals surface area contributed by atoms with Crippen molar-refractivity contribution in [3.8, 4) is 5.75 Å². The van der Waals surface area contributed by atoms with Gasteiger partial charge in [-0.05, 0) is 49.1 Å². The zero-order valence-electron chi connectivity index (χ0n) is 17.9. The van der Waals surface area contributed by atoms with Gasteiger partial charge in [0.15, 0.2) is 0 Å². The van der Waals surface area contributed by atoms with Gasteiger partial charge in [0, 0.05) is 19.4 Å². The van der Waals surface area contributed by atoms with Crippen molar-refractivity contribution in [3.05, 3.63) is 59.2 Å². The maximum absolute atomic E-state index is 12.5. The fourth-order valence-electron chi connectivity index (χ4n) is 3.47. The Balaban J connectivity index is 1.59. The number of anilines is 1. The minimum Gasteiger partial charge on any atom is -0.491 e. The highest BCUT2D eigenvalue weighted by atomic mass is 16.5. The summed E-state index contributed by atoms with van der Waals surface area (Å²) in [5, 5.41) is 11.7. The monoisotopic (exact) mass is 438 g/mol. The van der Waals surface area contributed by atoms with E-state index in [0.717, 1.165) is 12.0 Å². The van der Waals surface area contributed by atoms with E-state index in [1.807, 2.05) is 6.92 Å². The highest BCUT2D eigenvalue weighted by molar-refractivity contribution is 6.21. The van der Waals surface area contributed by atoms with E-state index in [-0.39, 0.29) is 37.1 Å². The fourth-order valence-corrected chi connectivity index (χ4v) is 3.47. The third-order valence-electron chi connectivity index (χ3n) is 5.07. The molecule has 2 aromatic rings. The van der Waals surface area contributed by atoms with Crippen molar-refractivity contribution in [3.63, 3.8) is 0 Å². The van der Waals surface area contributed by atoms with Crippen LogP contribution in [-0.4, -0.2) is 46.8 Å². The number of carboxylic acids is 1. The Morgan fingerprint density at radius 2 is 1.72 bits per heavy atom. The van der Waals surface area contributed by atoms with Crippen LogP contribution in [0.15, 0.2) is 42.5 Å². The minimum atomic E-state index is -0.893. The van der Waals surface area contributed by atoms with E-state index in [9.17, 15) is 19.2 Å². The molecule has 0 bridgehead atoms. The quantitative estimate of drug-likeness (QED) is 0.519. The summed E-state index contributed by atoms with van der Waals surface area (Å²) in [5.41, 5.74) is 2.03. The Kier molecular flexibility index (Phi) is 7.59. The molecule has 0 radical (unpaired) electrons. The molecular formula is C24H26N2O6. The number of fused-ring (bicyclic) bond motifs is 1. The number of benzene rings is 2. The van der Waals surface area contributed by atoms with Crippen LogP contribution in [0.4, 0.5) is 5.69 Å². The number of aryl methyl sites for hydroxylation is 1. The van der Waals surface area contributed by atoms with Crippen LogP contribution >= 0.6 is 0 Å². The number of carbonyl (C=O) groups excluding carboxylic acids is 3. The minimum absolute atomic E-state index is 0.0111. The van der Waals surface area contributed by atoms with Crippen molar-refractivity contribution < 1.29 is 29.0 Å². The molecule has 0 aromatic heterocycles. The summed E-state index contributed by atoms with van der Waals surface area (Å²) >= 11 is 0. The standard InChI is InChI=1S/C24H26N2O6/c1-2-14-32-20-11-9-16(10-12-22(28)29)15-19(20)25-21(27)8-5-13-26-23(30)17-6-3-4-7-18(17)24(26)31/h3-4,6-7,9,11,15H,2,5,8,10,12-14H2,1H3,(H,25,27)(H,28,29). The molecule has 3 amide bonds. The van der Waals surface area contributed by atoms with Crippen molar-refractivity contribution in [2.24, 2.45) is 0 Å². The number of aliphatic carboxylic acids is 1. The molecule has 0 saturated heterocycles. The van der Waals surface area contributed by atoms with E-state index in [0.29, 0.717) is 42.0 Å². The van der Waals surface area contributed by atoms with Crippen molar-refractivity contribution >= 4 is 29.4 Å². The lowest BCUT2D eigenvalue weighted by Crippen LogP contribution is -2.31. The summed E-state index contributed by atoms with van der Waals surface area (Å²) in [4.78, 5) is 49.4. The maximum atomic E-state index is 12.5. The molecule has 0 atom stereocenters. The summed E-state index contributed by atoms with van der Waals surface area (Å²) in [6, 6.07) is 11.9. The van der Waals surface area contributed by atoms with E-state index >= 15 is 0 Å². The maximum Gasteiger partial charge on any atom is 0.303 e. The zero-order chi connectivity index (χ0) is 23.1. The van der Waals surface area contributed by atoms with Crippen molar-refractivity contribution in [1.82, 2.24) is 4.90 Å². The SMILES string of the molecule is CCCOc1ccc(CCC(=O)O)cc1NC(=O)CCCN1C(=O)c2ccccc2C1=O. The second-order valence-electron chi connectivity index (χ2n) is 7.53. The zero-order valence-corrected chi connectivity index (χ0v) is 17.9. The molecule has 0 saturated carbocycles. The van der Waals surface area contributed by atoms with Gasteiger partial charge >= 0.3 is 5.97 Å². The van der Waals surface area contributed by atoms with Crippen LogP contribution in [0.1, 0.15) is 58.9 Å². The molecular weight excluding hydrogens is 412 g/mol. The van der Waals surface area contributed by atoms with Gasteiger partial charge in [0.2, 0.25) is 5.91 Å². The summed E-state index contributed by atoms with van der Waals surface area (Å²) in [6.07, 6.45) is 1.56. The lowest BCUT2D eigenvalue weighted by molar-refractivity contribution is -0.137. The lowest BCUT2D eigenvalue weighted by Gasteiger charge is -2.15. The molecule has 1 heterocycles. The van der Waals surface area contributed by atoms with Gasteiger partial charge in [0.1, 0.15) is 5.75 Å². The van der Waals surface area contributed by atoms with Crippen molar-refractivity contribution in [1.29, 1.82) is 0 Å². The van der Waals surface area contributed by atoms with Crippen LogP contribution in [0.2, 0.25) is 0 Å². The topological polar surface area (TPSA) is 113 Å². The number of rotatable bonds is 11. The number of ether oxygens (including phenoxy) is 1. The molecule has 8 heteroatoms. The Bertz CT molecular complexity index is 998. The number of hydrogen-bond acceptors (Lipinski definition) is 5. The first-order chi connectivity index (χ1) is 15.4. The molecule has 32 heavy (non-hydrogen) atoms. The van der Waals surface area contributed by atoms with E-state index in [4.69, 9.17) is 9.84 Å². The van der Waals surface area contributed by atoms with Gasteiger partial charge in [-0.1, -0.05) is 25.1 Å². The Labute approximate surface area is 186 Å². The second kappa shape index (κ2) is 10.6. The number of carbonyl (C=O) groups is 4. The molecule has 2 N–H and O–H groups in total. The van der Waals surface area contributed by atoms with Crippen molar-refractivity contribution in [2.45, 2.75) is 39.0 Å². The lowest BCUT2D eigenvalue weighted by atomic mass is 10.1. The molecule has 168 valence electrons. The van der Waals surface area contributed by atoms with Crippen LogP contribution in [0.3, 0.4) is 0 Å². The van der Waals surface area contributed by atoms with Gasteiger partial charge in [-0.3, -0.25) is 24.1 Å². The molecule has 1 aliphatic rings. The van der Waals surface area contributed by atoms with E-state index in [1.54, 1.807) is 42.5 Å². The smallest absolute Gasteiger partial charge is 0.303 e. The molecule has 8 nitrogen and oxygen atoms in total. The number of amides is 3. The second-order valence-corrected chi connectivity index (χ2v) is 7.53. The number of nitrogens with one attached hydrogen (secondary N) is 1. The normalized spacial score (nSPS) is 12.6. The molecule has 0 spiro atoms. The average Bonchev–Trinajstić information content (AvgIpc) is 3.02. The summed E-state index contributed by atoms with van der Waals surface area (Å²) < 4.78 is 5.69. The molecule has 0 aliphatic carbocycles. The summed E-state index contributed by atoms with van der Waals surface area (Å²) in [5.74, 6) is -1.34. The number of nitrogens with zero attached hydrogens (tertiary/aromatic N) is 1. The molecule has 2 aromatic carbocycles. The Morgan fingerprint density at radius 3 is 2.34 bits per heavy atom. The third-order valence-corrected chi connectivity index (χ3v) is 5.07. The molecule has 0 unspecified atom stereocenters. The van der Waals surface area contributed by atoms with E-state index in [2.05, 4.69) is 5.32 Å². The number of carboxylic acid groups (broad SMARTS) is 1. The Hall–Kier alpha value is -3.68. The van der Waals surface area contributed by atoms with E-state index < -0.39 is 5.97 Å². The number of imide groups is 1. The first-order valence-electron chi connectivity index (χ1n) is 10.6. The predicted octanol–water partition coefficient (Wildman–Crippen LogP) is 3.51. The highest BCUT2D eigenvalue weighted by Gasteiger charge is 2.34. The van der Waals surface area contributed by atoms with Crippen LogP contribution < -0.4 is 10.1 Å². The summed E-state index contributed by atoms with van der Waals surface area (Å²) in [6.45, 7) is 2.60. The Morgan fingerprint density at radius 1 is 1.03 bits per heavy atom. The average molecular weight is 438 g/mol. The third kappa shape index (κ3) is 5.51. The van der Waals surface area contributed by atoms with Crippen LogP contribution in [0.5, 0.6) is 5.75 Å². The van der Waals surface area contributed by atoms with Crippen LogP contribution in [0.25, 0.3) is 0 Å². The van der Waals surface area contributed by atoms with Gasteiger partial charge in [-0.2, -0.15) is 0 Å².